The number of ether oxygens (including phenoxy) is 2. The van der Waals surface area contributed by atoms with E-state index in [0.717, 1.165) is 12.8 Å². The monoisotopic (exact) mass is 448 g/mol. The smallest absolute Gasteiger partial charge is 0.261 e. The summed E-state index contributed by atoms with van der Waals surface area (Å²) >= 11 is 6.09. The number of benzene rings is 2. The summed E-state index contributed by atoms with van der Waals surface area (Å²) in [6, 6.07) is 11.9. The van der Waals surface area contributed by atoms with E-state index in [4.69, 9.17) is 21.1 Å². The van der Waals surface area contributed by atoms with E-state index < -0.39 is 6.04 Å². The quantitative estimate of drug-likeness (QED) is 0.636. The largest absolute Gasteiger partial charge is 0.482 e. The number of carbonyl (C=O) groups is 2. The van der Waals surface area contributed by atoms with Gasteiger partial charge in [-0.25, -0.2) is 4.39 Å². The van der Waals surface area contributed by atoms with Crippen molar-refractivity contribution >= 4 is 23.4 Å². The van der Waals surface area contributed by atoms with E-state index >= 15 is 0 Å². The van der Waals surface area contributed by atoms with Gasteiger partial charge < -0.3 is 19.7 Å². The Morgan fingerprint density at radius 2 is 2.00 bits per heavy atom. The van der Waals surface area contributed by atoms with E-state index in [1.54, 1.807) is 43.3 Å². The zero-order chi connectivity index (χ0) is 22.2. The van der Waals surface area contributed by atoms with Crippen molar-refractivity contribution in [1.82, 2.24) is 10.2 Å². The Hall–Kier alpha value is -2.64. The summed E-state index contributed by atoms with van der Waals surface area (Å²) in [5.74, 6) is -0.659. The number of amides is 2. The fourth-order valence-electron chi connectivity index (χ4n) is 3.32. The lowest BCUT2D eigenvalue weighted by atomic mass is 10.1. The number of nitrogens with zero attached hydrogens (tertiary/aromatic N) is 1. The van der Waals surface area contributed by atoms with Gasteiger partial charge in [-0.15, -0.1) is 0 Å². The molecule has 0 saturated carbocycles. The van der Waals surface area contributed by atoms with Gasteiger partial charge in [0.15, 0.2) is 6.61 Å². The van der Waals surface area contributed by atoms with Crippen molar-refractivity contribution in [3.63, 3.8) is 0 Å². The average molecular weight is 449 g/mol. The molecule has 1 aliphatic rings. The van der Waals surface area contributed by atoms with Crippen LogP contribution >= 0.6 is 11.6 Å². The summed E-state index contributed by atoms with van der Waals surface area (Å²) in [7, 11) is 0. The first-order chi connectivity index (χ1) is 14.9. The first-order valence-corrected chi connectivity index (χ1v) is 10.6. The third-order valence-electron chi connectivity index (χ3n) is 5.15. The van der Waals surface area contributed by atoms with Crippen molar-refractivity contribution in [3.05, 3.63) is 64.9 Å². The molecule has 1 N–H and O–H groups in total. The van der Waals surface area contributed by atoms with Crippen molar-refractivity contribution in [2.45, 2.75) is 38.5 Å². The summed E-state index contributed by atoms with van der Waals surface area (Å²) in [6.07, 6.45) is 1.88. The molecular weight excluding hydrogens is 423 g/mol. The summed E-state index contributed by atoms with van der Waals surface area (Å²) in [6.45, 7) is 2.61. The van der Waals surface area contributed by atoms with Crippen LogP contribution in [0.15, 0.2) is 48.5 Å². The van der Waals surface area contributed by atoms with Gasteiger partial charge >= 0.3 is 0 Å². The molecule has 31 heavy (non-hydrogen) atoms. The molecule has 6 nitrogen and oxygen atoms in total. The lowest BCUT2D eigenvalue weighted by Crippen LogP contribution is -2.50. The molecule has 0 spiro atoms. The maximum atomic E-state index is 13.3. The molecule has 0 bridgehead atoms. The zero-order valence-electron chi connectivity index (χ0n) is 17.4. The second-order valence-corrected chi connectivity index (χ2v) is 7.83. The van der Waals surface area contributed by atoms with E-state index in [0.29, 0.717) is 29.5 Å². The van der Waals surface area contributed by atoms with Crippen molar-refractivity contribution in [2.75, 3.05) is 19.8 Å². The van der Waals surface area contributed by atoms with Crippen LogP contribution in [-0.4, -0.2) is 48.6 Å². The number of hydrogen-bond acceptors (Lipinski definition) is 4. The third-order valence-corrected chi connectivity index (χ3v) is 5.46. The van der Waals surface area contributed by atoms with Gasteiger partial charge in [0.05, 0.1) is 11.1 Å². The molecule has 3 rings (SSSR count). The number of para-hydroxylation sites is 1. The number of carbonyl (C=O) groups excluding carboxylic acids is 2. The van der Waals surface area contributed by atoms with Crippen molar-refractivity contribution in [3.8, 4) is 5.75 Å². The molecule has 0 radical (unpaired) electrons. The first kappa shape index (κ1) is 23.0. The van der Waals surface area contributed by atoms with Crippen LogP contribution in [0.25, 0.3) is 0 Å². The normalized spacial score (nSPS) is 16.5. The molecule has 0 unspecified atom stereocenters. The van der Waals surface area contributed by atoms with Crippen LogP contribution in [0, 0.1) is 5.82 Å². The molecule has 0 aliphatic carbocycles. The molecular formula is C23H26ClFN2O4. The second kappa shape index (κ2) is 11.1. The Kier molecular flexibility index (Phi) is 8.26. The Morgan fingerprint density at radius 1 is 1.26 bits per heavy atom. The van der Waals surface area contributed by atoms with Crippen LogP contribution in [0.4, 0.5) is 4.39 Å². The molecule has 8 heteroatoms. The molecule has 2 aromatic carbocycles. The van der Waals surface area contributed by atoms with Crippen LogP contribution in [-0.2, 0) is 20.9 Å². The maximum absolute atomic E-state index is 13.3. The minimum atomic E-state index is -0.756. The molecule has 0 aromatic heterocycles. The Bertz CT molecular complexity index is 887. The highest BCUT2D eigenvalue weighted by atomic mass is 35.5. The average Bonchev–Trinajstić information content (AvgIpc) is 3.29. The van der Waals surface area contributed by atoms with Crippen LogP contribution < -0.4 is 10.1 Å². The van der Waals surface area contributed by atoms with Gasteiger partial charge in [-0.05, 0) is 49.6 Å². The zero-order valence-corrected chi connectivity index (χ0v) is 18.1. The lowest BCUT2D eigenvalue weighted by molar-refractivity contribution is -0.142. The topological polar surface area (TPSA) is 67.9 Å². The molecule has 2 aromatic rings. The predicted octanol–water partition coefficient (Wildman–Crippen LogP) is 3.57. The van der Waals surface area contributed by atoms with Gasteiger partial charge in [-0.3, -0.25) is 9.59 Å². The minimum Gasteiger partial charge on any atom is -0.482 e. The highest BCUT2D eigenvalue weighted by molar-refractivity contribution is 6.32. The fourth-order valence-corrected chi connectivity index (χ4v) is 3.51. The Morgan fingerprint density at radius 3 is 2.68 bits per heavy atom. The first-order valence-electron chi connectivity index (χ1n) is 10.2. The van der Waals surface area contributed by atoms with E-state index in [1.165, 1.54) is 17.0 Å². The van der Waals surface area contributed by atoms with Crippen molar-refractivity contribution < 1.29 is 23.5 Å². The Labute approximate surface area is 186 Å². The number of rotatable bonds is 9. The van der Waals surface area contributed by atoms with E-state index in [1.807, 2.05) is 0 Å². The number of hydrogen-bond donors (Lipinski definition) is 1. The van der Waals surface area contributed by atoms with Gasteiger partial charge in [0.2, 0.25) is 5.91 Å². The second-order valence-electron chi connectivity index (χ2n) is 7.42. The fraction of sp³-hybridized carbons (Fsp3) is 0.391. The van der Waals surface area contributed by atoms with Gasteiger partial charge in [0.1, 0.15) is 17.6 Å². The van der Waals surface area contributed by atoms with Crippen molar-refractivity contribution in [1.29, 1.82) is 0 Å². The van der Waals surface area contributed by atoms with Crippen LogP contribution in [0.2, 0.25) is 5.02 Å². The van der Waals surface area contributed by atoms with Gasteiger partial charge in [-0.1, -0.05) is 35.9 Å². The third kappa shape index (κ3) is 6.67. The van der Waals surface area contributed by atoms with Crippen LogP contribution in [0.1, 0.15) is 25.3 Å². The van der Waals surface area contributed by atoms with E-state index in [9.17, 15) is 14.0 Å². The van der Waals surface area contributed by atoms with E-state index in [2.05, 4.69) is 5.32 Å². The molecule has 166 valence electrons. The molecule has 2 atom stereocenters. The molecule has 1 saturated heterocycles. The Balaban J connectivity index is 1.67. The number of halogens is 2. The highest BCUT2D eigenvalue weighted by Gasteiger charge is 2.27. The van der Waals surface area contributed by atoms with Gasteiger partial charge in [-0.2, -0.15) is 0 Å². The summed E-state index contributed by atoms with van der Waals surface area (Å²) in [5.41, 5.74) is 0.700. The maximum Gasteiger partial charge on any atom is 0.261 e. The molecule has 1 fully saturated rings. The number of nitrogens with one attached hydrogen (secondary N) is 1. The summed E-state index contributed by atoms with van der Waals surface area (Å²) in [4.78, 5) is 27.1. The molecule has 2 amide bonds. The molecule has 1 aliphatic heterocycles. The van der Waals surface area contributed by atoms with Crippen molar-refractivity contribution in [2.24, 2.45) is 0 Å². The van der Waals surface area contributed by atoms with Gasteiger partial charge in [0.25, 0.3) is 5.91 Å². The highest BCUT2D eigenvalue weighted by Crippen LogP contribution is 2.23. The predicted molar refractivity (Wildman–Crippen MR) is 115 cm³/mol. The minimum absolute atomic E-state index is 0.000885. The molecule has 1 heterocycles. The summed E-state index contributed by atoms with van der Waals surface area (Å²) in [5, 5.41) is 3.25. The summed E-state index contributed by atoms with van der Waals surface area (Å²) < 4.78 is 24.4. The standard InChI is InChI=1S/C23H26ClFN2O4/c1-16(23(29)26-13-19-5-4-12-30-19)27(14-17-8-10-18(25)11-9-17)22(28)15-31-21-7-3-2-6-20(21)24/h2-3,6-11,16,19H,4-5,12-15H2,1H3,(H,26,29)/t16-,19-/m0/s1. The van der Waals surface area contributed by atoms with Crippen LogP contribution in [0.3, 0.4) is 0 Å². The van der Waals surface area contributed by atoms with Crippen LogP contribution in [0.5, 0.6) is 5.75 Å². The van der Waals surface area contributed by atoms with E-state index in [-0.39, 0.29) is 36.9 Å². The van der Waals surface area contributed by atoms with Gasteiger partial charge in [0, 0.05) is 19.7 Å². The SMILES string of the molecule is C[C@@H](C(=O)NC[C@@H]1CCCO1)N(Cc1ccc(F)cc1)C(=O)COc1ccccc1Cl. The lowest BCUT2D eigenvalue weighted by Gasteiger charge is -2.29.